The van der Waals surface area contributed by atoms with Crippen LogP contribution in [0, 0.1) is 23.2 Å². The van der Waals surface area contributed by atoms with E-state index in [4.69, 9.17) is 5.26 Å². The first kappa shape index (κ1) is 9.32. The lowest BCUT2D eigenvalue weighted by atomic mass is 9.91. The van der Waals surface area contributed by atoms with E-state index < -0.39 is 0 Å². The zero-order chi connectivity index (χ0) is 8.97. The molecule has 0 aromatic heterocycles. The Morgan fingerprint density at radius 1 is 1.67 bits per heavy atom. The van der Waals surface area contributed by atoms with Crippen LogP contribution in [0.15, 0.2) is 12.2 Å². The molecule has 0 N–H and O–H groups in total. The van der Waals surface area contributed by atoms with Crippen LogP contribution in [-0.4, -0.2) is 0 Å². The SMILES string of the molecule is C=C1CC[C@H](CCCC#N)[C@@H]1C. The highest BCUT2D eigenvalue weighted by Crippen LogP contribution is 2.37. The van der Waals surface area contributed by atoms with E-state index >= 15 is 0 Å². The molecule has 0 aromatic carbocycles. The Morgan fingerprint density at radius 3 is 2.92 bits per heavy atom. The molecule has 0 amide bonds. The molecule has 2 atom stereocenters. The van der Waals surface area contributed by atoms with Crippen molar-refractivity contribution in [2.75, 3.05) is 0 Å². The van der Waals surface area contributed by atoms with Crippen molar-refractivity contribution >= 4 is 0 Å². The molecule has 0 heterocycles. The summed E-state index contributed by atoms with van der Waals surface area (Å²) in [5, 5.41) is 8.39. The van der Waals surface area contributed by atoms with Crippen LogP contribution in [0.4, 0.5) is 0 Å². The average Bonchev–Trinajstić information content (AvgIpc) is 2.36. The highest BCUT2D eigenvalue weighted by Gasteiger charge is 2.25. The fourth-order valence-corrected chi connectivity index (χ4v) is 2.02. The molecule has 0 bridgehead atoms. The molecular formula is C11H17N. The summed E-state index contributed by atoms with van der Waals surface area (Å²) in [6, 6.07) is 2.20. The second-order valence-electron chi connectivity index (χ2n) is 3.80. The van der Waals surface area contributed by atoms with E-state index in [0.717, 1.165) is 18.8 Å². The van der Waals surface area contributed by atoms with Crippen molar-refractivity contribution in [1.82, 2.24) is 0 Å². The van der Waals surface area contributed by atoms with Gasteiger partial charge in [0, 0.05) is 6.42 Å². The minimum absolute atomic E-state index is 0.698. The zero-order valence-electron chi connectivity index (χ0n) is 7.84. The second-order valence-corrected chi connectivity index (χ2v) is 3.80. The van der Waals surface area contributed by atoms with Crippen molar-refractivity contribution in [3.63, 3.8) is 0 Å². The van der Waals surface area contributed by atoms with E-state index in [1.165, 1.54) is 24.8 Å². The van der Waals surface area contributed by atoms with Gasteiger partial charge in [-0.1, -0.05) is 19.1 Å². The van der Waals surface area contributed by atoms with Gasteiger partial charge >= 0.3 is 0 Å². The first-order valence-electron chi connectivity index (χ1n) is 4.80. The van der Waals surface area contributed by atoms with E-state index in [0.29, 0.717) is 5.92 Å². The van der Waals surface area contributed by atoms with E-state index in [1.807, 2.05) is 0 Å². The molecule has 0 spiro atoms. The number of nitrogens with zero attached hydrogens (tertiary/aromatic N) is 1. The molecule has 0 unspecified atom stereocenters. The molecule has 1 fully saturated rings. The molecule has 0 aromatic rings. The molecule has 1 aliphatic carbocycles. The maximum absolute atomic E-state index is 8.39. The molecule has 66 valence electrons. The van der Waals surface area contributed by atoms with Gasteiger partial charge in [-0.2, -0.15) is 5.26 Å². The van der Waals surface area contributed by atoms with Crippen LogP contribution in [0.2, 0.25) is 0 Å². The Morgan fingerprint density at radius 2 is 2.42 bits per heavy atom. The van der Waals surface area contributed by atoms with Crippen molar-refractivity contribution in [2.24, 2.45) is 11.8 Å². The van der Waals surface area contributed by atoms with Gasteiger partial charge in [0.1, 0.15) is 0 Å². The van der Waals surface area contributed by atoms with Crippen molar-refractivity contribution in [3.05, 3.63) is 12.2 Å². The second kappa shape index (κ2) is 4.30. The van der Waals surface area contributed by atoms with E-state index in [-0.39, 0.29) is 0 Å². The molecule has 1 heteroatoms. The third-order valence-corrected chi connectivity index (χ3v) is 3.05. The Kier molecular flexibility index (Phi) is 3.34. The standard InChI is InChI=1S/C11H17N/c1-9-6-7-11(10(9)2)5-3-4-8-12/h10-11H,1,3-7H2,2H3/t10-,11+/m1/s1. The van der Waals surface area contributed by atoms with Gasteiger partial charge in [-0.25, -0.2) is 0 Å². The summed E-state index contributed by atoms with van der Waals surface area (Å²) in [4.78, 5) is 0. The summed E-state index contributed by atoms with van der Waals surface area (Å²) >= 11 is 0. The monoisotopic (exact) mass is 163 g/mol. The molecule has 1 aliphatic rings. The van der Waals surface area contributed by atoms with Gasteiger partial charge in [0.2, 0.25) is 0 Å². The summed E-state index contributed by atoms with van der Waals surface area (Å²) in [6.45, 7) is 6.32. The van der Waals surface area contributed by atoms with Crippen LogP contribution in [-0.2, 0) is 0 Å². The fourth-order valence-electron chi connectivity index (χ4n) is 2.02. The predicted molar refractivity (Wildman–Crippen MR) is 50.5 cm³/mol. The Labute approximate surface area is 75.1 Å². The lowest BCUT2D eigenvalue weighted by molar-refractivity contribution is 0.407. The molecule has 0 saturated heterocycles. The molecule has 1 rings (SSSR count). The molecule has 1 saturated carbocycles. The van der Waals surface area contributed by atoms with Crippen LogP contribution in [0.25, 0.3) is 0 Å². The van der Waals surface area contributed by atoms with Crippen molar-refractivity contribution in [1.29, 1.82) is 5.26 Å². The van der Waals surface area contributed by atoms with Crippen molar-refractivity contribution in [2.45, 2.75) is 39.0 Å². The van der Waals surface area contributed by atoms with E-state index in [2.05, 4.69) is 19.6 Å². The number of allylic oxidation sites excluding steroid dienone is 1. The van der Waals surface area contributed by atoms with Crippen molar-refractivity contribution < 1.29 is 0 Å². The lowest BCUT2D eigenvalue weighted by Gasteiger charge is -2.14. The summed E-state index contributed by atoms with van der Waals surface area (Å²) in [6.07, 6.45) is 5.51. The highest BCUT2D eigenvalue weighted by molar-refractivity contribution is 5.07. The van der Waals surface area contributed by atoms with Gasteiger partial charge in [0.15, 0.2) is 0 Å². The van der Waals surface area contributed by atoms with E-state index in [9.17, 15) is 0 Å². The Hall–Kier alpha value is -0.770. The van der Waals surface area contributed by atoms with Crippen molar-refractivity contribution in [3.8, 4) is 6.07 Å². The van der Waals surface area contributed by atoms with Gasteiger partial charge in [0.25, 0.3) is 0 Å². The van der Waals surface area contributed by atoms with Crippen LogP contribution in [0.3, 0.4) is 0 Å². The van der Waals surface area contributed by atoms with Crippen LogP contribution >= 0.6 is 0 Å². The topological polar surface area (TPSA) is 23.8 Å². The molecule has 0 aliphatic heterocycles. The van der Waals surface area contributed by atoms with Gasteiger partial charge in [-0.15, -0.1) is 0 Å². The fraction of sp³-hybridized carbons (Fsp3) is 0.727. The minimum Gasteiger partial charge on any atom is -0.198 e. The summed E-state index contributed by atoms with van der Waals surface area (Å²) < 4.78 is 0. The number of hydrogen-bond acceptors (Lipinski definition) is 1. The summed E-state index contributed by atoms with van der Waals surface area (Å²) in [7, 11) is 0. The third kappa shape index (κ3) is 2.11. The lowest BCUT2D eigenvalue weighted by Crippen LogP contribution is -2.04. The minimum atomic E-state index is 0.698. The molecule has 12 heavy (non-hydrogen) atoms. The molecular weight excluding hydrogens is 146 g/mol. The maximum Gasteiger partial charge on any atom is 0.0621 e. The number of unbranched alkanes of at least 4 members (excludes halogenated alkanes) is 1. The summed E-state index contributed by atoms with van der Waals surface area (Å²) in [5.74, 6) is 1.51. The first-order chi connectivity index (χ1) is 5.75. The average molecular weight is 163 g/mol. The number of nitriles is 1. The zero-order valence-corrected chi connectivity index (χ0v) is 7.84. The number of hydrogen-bond donors (Lipinski definition) is 0. The van der Waals surface area contributed by atoms with Crippen LogP contribution < -0.4 is 0 Å². The maximum atomic E-state index is 8.39. The third-order valence-electron chi connectivity index (χ3n) is 3.05. The molecule has 0 radical (unpaired) electrons. The molecule has 1 nitrogen and oxygen atoms in total. The smallest absolute Gasteiger partial charge is 0.0621 e. The summed E-state index contributed by atoms with van der Waals surface area (Å²) in [5.41, 5.74) is 1.41. The van der Waals surface area contributed by atoms with Gasteiger partial charge < -0.3 is 0 Å². The quantitative estimate of drug-likeness (QED) is 0.462. The van der Waals surface area contributed by atoms with Gasteiger partial charge in [-0.05, 0) is 37.5 Å². The normalized spacial score (nSPS) is 28.8. The van der Waals surface area contributed by atoms with Gasteiger partial charge in [0.05, 0.1) is 6.07 Å². The first-order valence-corrected chi connectivity index (χ1v) is 4.80. The largest absolute Gasteiger partial charge is 0.198 e. The van der Waals surface area contributed by atoms with Crippen LogP contribution in [0.1, 0.15) is 39.0 Å². The number of rotatable bonds is 3. The highest BCUT2D eigenvalue weighted by atomic mass is 14.3. The Balaban J connectivity index is 2.25. The Bertz CT molecular complexity index is 200. The van der Waals surface area contributed by atoms with Crippen LogP contribution in [0.5, 0.6) is 0 Å². The van der Waals surface area contributed by atoms with E-state index in [1.54, 1.807) is 0 Å². The predicted octanol–water partition coefficient (Wildman–Crippen LogP) is 3.28. The van der Waals surface area contributed by atoms with Gasteiger partial charge in [-0.3, -0.25) is 0 Å².